The van der Waals surface area contributed by atoms with Crippen LogP contribution in [0.1, 0.15) is 30.5 Å². The molecule has 2 rings (SSSR count). The Hall–Kier alpha value is -2.53. The third-order valence-corrected chi connectivity index (χ3v) is 4.33. The van der Waals surface area contributed by atoms with Crippen molar-refractivity contribution in [1.29, 1.82) is 0 Å². The van der Waals surface area contributed by atoms with Gasteiger partial charge in [-0.05, 0) is 25.6 Å². The number of hydrogen-bond donors (Lipinski definition) is 1. The van der Waals surface area contributed by atoms with E-state index in [2.05, 4.69) is 10.2 Å². The predicted octanol–water partition coefficient (Wildman–Crippen LogP) is 3.40. The van der Waals surface area contributed by atoms with Crippen molar-refractivity contribution in [2.24, 2.45) is 0 Å². The molecular weight excluding hydrogens is 328 g/mol. The van der Waals surface area contributed by atoms with Crippen LogP contribution in [-0.2, 0) is 11.3 Å². The van der Waals surface area contributed by atoms with Crippen LogP contribution in [0.3, 0.4) is 0 Å². The number of carbonyl (C=O) groups excluding carboxylic acids is 1. The van der Waals surface area contributed by atoms with Crippen LogP contribution in [0.15, 0.2) is 48.5 Å². The summed E-state index contributed by atoms with van der Waals surface area (Å²) in [5, 5.41) is 3.05. The summed E-state index contributed by atoms with van der Waals surface area (Å²) in [6, 6.07) is 15.8. The smallest absolute Gasteiger partial charge is 0.221 e. The van der Waals surface area contributed by atoms with Gasteiger partial charge in [-0.1, -0.05) is 36.4 Å². The van der Waals surface area contributed by atoms with Gasteiger partial charge in [0.25, 0.3) is 0 Å². The summed E-state index contributed by atoms with van der Waals surface area (Å²) in [4.78, 5) is 14.3. The molecule has 2 aromatic rings. The summed E-state index contributed by atoms with van der Waals surface area (Å²) in [5.74, 6) is 1.61. The van der Waals surface area contributed by atoms with Crippen molar-refractivity contribution in [1.82, 2.24) is 10.2 Å². The Morgan fingerprint density at radius 1 is 1.12 bits per heavy atom. The number of amides is 1. The molecule has 1 N–H and O–H groups in total. The van der Waals surface area contributed by atoms with E-state index in [0.717, 1.165) is 22.6 Å². The van der Waals surface area contributed by atoms with E-state index in [4.69, 9.17) is 9.47 Å². The summed E-state index contributed by atoms with van der Waals surface area (Å²) in [6.45, 7) is 3.37. The van der Waals surface area contributed by atoms with Crippen molar-refractivity contribution >= 4 is 5.91 Å². The zero-order valence-electron chi connectivity index (χ0n) is 16.0. The largest absolute Gasteiger partial charge is 0.497 e. The number of benzene rings is 2. The van der Waals surface area contributed by atoms with Gasteiger partial charge in [-0.2, -0.15) is 0 Å². The minimum Gasteiger partial charge on any atom is -0.497 e. The summed E-state index contributed by atoms with van der Waals surface area (Å²) >= 11 is 0. The Kier molecular flexibility index (Phi) is 7.48. The van der Waals surface area contributed by atoms with Crippen molar-refractivity contribution in [3.63, 3.8) is 0 Å². The number of ether oxygens (including phenoxy) is 2. The van der Waals surface area contributed by atoms with Gasteiger partial charge in [0.2, 0.25) is 5.91 Å². The Morgan fingerprint density at radius 2 is 1.85 bits per heavy atom. The molecule has 0 aliphatic heterocycles. The molecule has 0 aliphatic rings. The molecule has 0 saturated carbocycles. The van der Waals surface area contributed by atoms with Crippen LogP contribution < -0.4 is 14.8 Å². The van der Waals surface area contributed by atoms with Crippen LogP contribution in [0, 0.1) is 0 Å². The first-order valence-corrected chi connectivity index (χ1v) is 8.77. The minimum atomic E-state index is 0.00990. The average molecular weight is 356 g/mol. The van der Waals surface area contributed by atoms with Gasteiger partial charge >= 0.3 is 0 Å². The maximum Gasteiger partial charge on any atom is 0.221 e. The maximum atomic E-state index is 12.2. The fraction of sp³-hybridized carbons (Fsp3) is 0.381. The molecule has 0 heterocycles. The normalized spacial score (nSPS) is 11.9. The third-order valence-electron chi connectivity index (χ3n) is 4.33. The van der Waals surface area contributed by atoms with E-state index in [-0.39, 0.29) is 11.9 Å². The Bertz CT molecular complexity index is 704. The molecular formula is C21H28N2O3. The summed E-state index contributed by atoms with van der Waals surface area (Å²) in [7, 11) is 5.28. The first kappa shape index (κ1) is 19.8. The van der Waals surface area contributed by atoms with Crippen molar-refractivity contribution < 1.29 is 14.3 Å². The quantitative estimate of drug-likeness (QED) is 0.748. The van der Waals surface area contributed by atoms with Gasteiger partial charge < -0.3 is 19.7 Å². The van der Waals surface area contributed by atoms with E-state index in [1.54, 1.807) is 14.2 Å². The zero-order chi connectivity index (χ0) is 18.9. The lowest BCUT2D eigenvalue weighted by Crippen LogP contribution is -2.30. The number of nitrogens with zero attached hydrogens (tertiary/aromatic N) is 1. The molecule has 2 aromatic carbocycles. The predicted molar refractivity (Wildman–Crippen MR) is 103 cm³/mol. The van der Waals surface area contributed by atoms with E-state index in [1.165, 1.54) is 0 Å². The van der Waals surface area contributed by atoms with Gasteiger partial charge in [-0.25, -0.2) is 0 Å². The number of rotatable bonds is 9. The molecule has 0 spiro atoms. The molecule has 5 nitrogen and oxygen atoms in total. The first-order chi connectivity index (χ1) is 12.5. The second kappa shape index (κ2) is 9.82. The van der Waals surface area contributed by atoms with Crippen molar-refractivity contribution in [2.45, 2.75) is 25.9 Å². The SMILES string of the molecule is COc1ccc(CN(C)CCC(=O)NC(C)c2ccccc2)c(OC)c1. The van der Waals surface area contributed by atoms with E-state index in [0.29, 0.717) is 19.5 Å². The van der Waals surface area contributed by atoms with Crippen molar-refractivity contribution in [3.8, 4) is 11.5 Å². The molecule has 1 amide bonds. The van der Waals surface area contributed by atoms with Crippen LogP contribution in [0.2, 0.25) is 0 Å². The minimum absolute atomic E-state index is 0.00990. The highest BCUT2D eigenvalue weighted by Gasteiger charge is 2.12. The molecule has 0 saturated heterocycles. The van der Waals surface area contributed by atoms with Crippen LogP contribution in [0.25, 0.3) is 0 Å². The van der Waals surface area contributed by atoms with E-state index < -0.39 is 0 Å². The van der Waals surface area contributed by atoms with Crippen LogP contribution >= 0.6 is 0 Å². The van der Waals surface area contributed by atoms with Gasteiger partial charge in [0, 0.05) is 31.1 Å². The molecule has 0 fully saturated rings. The molecule has 0 aromatic heterocycles. The highest BCUT2D eigenvalue weighted by molar-refractivity contribution is 5.76. The Labute approximate surface area is 155 Å². The Balaban J connectivity index is 1.83. The van der Waals surface area contributed by atoms with Gasteiger partial charge in [-0.3, -0.25) is 4.79 Å². The Morgan fingerprint density at radius 3 is 2.50 bits per heavy atom. The van der Waals surface area contributed by atoms with Crippen molar-refractivity contribution in [2.75, 3.05) is 27.8 Å². The number of methoxy groups -OCH3 is 2. The lowest BCUT2D eigenvalue weighted by Gasteiger charge is -2.20. The van der Waals surface area contributed by atoms with Crippen LogP contribution in [-0.4, -0.2) is 38.6 Å². The van der Waals surface area contributed by atoms with E-state index in [1.807, 2.05) is 62.5 Å². The van der Waals surface area contributed by atoms with Crippen LogP contribution in [0.5, 0.6) is 11.5 Å². The number of hydrogen-bond acceptors (Lipinski definition) is 4. The lowest BCUT2D eigenvalue weighted by molar-refractivity contribution is -0.122. The molecule has 1 unspecified atom stereocenters. The standard InChI is InChI=1S/C21H28N2O3/c1-16(17-8-6-5-7-9-17)22-21(24)12-13-23(2)15-18-10-11-19(25-3)14-20(18)26-4/h5-11,14,16H,12-13,15H2,1-4H3,(H,22,24). The molecule has 0 radical (unpaired) electrons. The number of nitrogens with one attached hydrogen (secondary N) is 1. The highest BCUT2D eigenvalue weighted by atomic mass is 16.5. The topological polar surface area (TPSA) is 50.8 Å². The fourth-order valence-corrected chi connectivity index (χ4v) is 2.78. The molecule has 0 aliphatic carbocycles. The highest BCUT2D eigenvalue weighted by Crippen LogP contribution is 2.25. The van der Waals surface area contributed by atoms with Gasteiger partial charge in [-0.15, -0.1) is 0 Å². The van der Waals surface area contributed by atoms with Gasteiger partial charge in [0.05, 0.1) is 20.3 Å². The summed E-state index contributed by atoms with van der Waals surface area (Å²) < 4.78 is 10.7. The average Bonchev–Trinajstić information content (AvgIpc) is 2.67. The monoisotopic (exact) mass is 356 g/mol. The zero-order valence-corrected chi connectivity index (χ0v) is 16.0. The van der Waals surface area contributed by atoms with Crippen molar-refractivity contribution in [3.05, 3.63) is 59.7 Å². The second-order valence-corrected chi connectivity index (χ2v) is 6.37. The molecule has 140 valence electrons. The molecule has 26 heavy (non-hydrogen) atoms. The lowest BCUT2D eigenvalue weighted by atomic mass is 10.1. The van der Waals surface area contributed by atoms with Gasteiger partial charge in [0.15, 0.2) is 0 Å². The third kappa shape index (κ3) is 5.77. The number of carbonyl (C=O) groups is 1. The summed E-state index contributed by atoms with van der Waals surface area (Å²) in [6.07, 6.45) is 0.451. The van der Waals surface area contributed by atoms with E-state index in [9.17, 15) is 4.79 Å². The van der Waals surface area contributed by atoms with Crippen LogP contribution in [0.4, 0.5) is 0 Å². The first-order valence-electron chi connectivity index (χ1n) is 8.77. The maximum absolute atomic E-state index is 12.2. The molecule has 1 atom stereocenters. The fourth-order valence-electron chi connectivity index (χ4n) is 2.78. The molecule has 5 heteroatoms. The van der Waals surface area contributed by atoms with E-state index >= 15 is 0 Å². The summed E-state index contributed by atoms with van der Waals surface area (Å²) in [5.41, 5.74) is 2.17. The van der Waals surface area contributed by atoms with Gasteiger partial charge in [0.1, 0.15) is 11.5 Å². The molecule has 0 bridgehead atoms. The second-order valence-electron chi connectivity index (χ2n) is 6.37.